The van der Waals surface area contributed by atoms with E-state index in [2.05, 4.69) is 36.2 Å². The number of aliphatic hydroxyl groups is 1. The molecule has 2 saturated heterocycles. The number of hydrogen-bond acceptors (Lipinski definition) is 5. The van der Waals surface area contributed by atoms with Gasteiger partial charge in [0.05, 0.1) is 12.2 Å². The van der Waals surface area contributed by atoms with Gasteiger partial charge in [0.25, 0.3) is 11.8 Å². The highest BCUT2D eigenvalue weighted by Gasteiger charge is 2.43. The molecule has 7 nitrogen and oxygen atoms in total. The summed E-state index contributed by atoms with van der Waals surface area (Å²) in [4.78, 5) is 31.3. The molecule has 4 heterocycles. The molecule has 0 radical (unpaired) electrons. The van der Waals surface area contributed by atoms with Crippen molar-refractivity contribution in [1.29, 1.82) is 0 Å². The number of nitrogens with one attached hydrogen (secondary N) is 1. The number of methoxy groups -OCH3 is 1. The Kier molecular flexibility index (Phi) is 7.02. The molecule has 6 rings (SSSR count). The first kappa shape index (κ1) is 26.5. The number of hydrogen-bond donors (Lipinski definition) is 2. The molecule has 7 heteroatoms. The lowest BCUT2D eigenvalue weighted by Crippen LogP contribution is -2.56. The third-order valence-corrected chi connectivity index (χ3v) is 9.58. The zero-order valence-electron chi connectivity index (χ0n) is 23.4. The maximum Gasteiger partial charge on any atom is 0.254 e. The van der Waals surface area contributed by atoms with Crippen LogP contribution < -0.4 is 5.32 Å². The number of aliphatic hydroxyl groups excluding tert-OH is 1. The van der Waals surface area contributed by atoms with Crippen molar-refractivity contribution < 1.29 is 19.4 Å². The van der Waals surface area contributed by atoms with Crippen molar-refractivity contribution in [3.63, 3.8) is 0 Å². The predicted molar refractivity (Wildman–Crippen MR) is 150 cm³/mol. The van der Waals surface area contributed by atoms with Crippen LogP contribution in [0.5, 0.6) is 0 Å². The van der Waals surface area contributed by atoms with Crippen molar-refractivity contribution in [2.45, 2.75) is 94.7 Å². The highest BCUT2D eigenvalue weighted by atomic mass is 16.5. The molecule has 2 amide bonds. The van der Waals surface area contributed by atoms with Crippen molar-refractivity contribution in [3.8, 4) is 0 Å². The van der Waals surface area contributed by atoms with Crippen LogP contribution in [-0.2, 0) is 23.1 Å². The molecule has 4 aliphatic rings. The number of amides is 2. The van der Waals surface area contributed by atoms with E-state index in [1.54, 1.807) is 12.0 Å². The van der Waals surface area contributed by atoms with Crippen LogP contribution >= 0.6 is 0 Å². The van der Waals surface area contributed by atoms with Crippen molar-refractivity contribution in [3.05, 3.63) is 70.3 Å². The Bertz CT molecular complexity index is 1250. The van der Waals surface area contributed by atoms with Crippen LogP contribution in [-0.4, -0.2) is 77.3 Å². The molecule has 2 bridgehead atoms. The number of carbonyl (C=O) groups is 2. The summed E-state index contributed by atoms with van der Waals surface area (Å²) < 4.78 is 5.66. The number of carbonyl (C=O) groups excluding carboxylic acids is 2. The maximum absolute atomic E-state index is 13.8. The van der Waals surface area contributed by atoms with Crippen LogP contribution in [0.3, 0.4) is 0 Å². The summed E-state index contributed by atoms with van der Waals surface area (Å²) in [7, 11) is 1.77. The number of ether oxygens (including phenoxy) is 1. The molecule has 208 valence electrons. The minimum atomic E-state index is -0.671. The molecule has 2 aromatic rings. The van der Waals surface area contributed by atoms with Gasteiger partial charge in [-0.25, -0.2) is 0 Å². The first-order chi connectivity index (χ1) is 18.7. The minimum absolute atomic E-state index is 0.0728. The molecule has 0 spiro atoms. The van der Waals surface area contributed by atoms with Crippen LogP contribution in [0.4, 0.5) is 0 Å². The molecule has 39 heavy (non-hydrogen) atoms. The number of β-amino-alcohol motifs (C(OH)–C–C–N with tert-alkyl or cyclic N) is 1. The lowest BCUT2D eigenvalue weighted by molar-refractivity contribution is -0.0316. The Morgan fingerprint density at radius 2 is 1.85 bits per heavy atom. The predicted octanol–water partition coefficient (Wildman–Crippen LogP) is 3.67. The third kappa shape index (κ3) is 4.90. The van der Waals surface area contributed by atoms with Gasteiger partial charge in [0.15, 0.2) is 0 Å². The zero-order chi connectivity index (χ0) is 27.3. The fraction of sp³-hybridized carbons (Fsp3) is 0.562. The zero-order valence-corrected chi connectivity index (χ0v) is 23.4. The van der Waals surface area contributed by atoms with E-state index in [1.807, 2.05) is 30.3 Å². The summed E-state index contributed by atoms with van der Waals surface area (Å²) in [6, 6.07) is 14.3. The van der Waals surface area contributed by atoms with Gasteiger partial charge in [-0.3, -0.25) is 9.59 Å². The van der Waals surface area contributed by atoms with E-state index in [0.29, 0.717) is 17.7 Å². The van der Waals surface area contributed by atoms with Crippen LogP contribution in [0.2, 0.25) is 0 Å². The second-order valence-electron chi connectivity index (χ2n) is 12.6. The summed E-state index contributed by atoms with van der Waals surface area (Å²) in [5.41, 5.74) is 4.40. The quantitative estimate of drug-likeness (QED) is 0.616. The van der Waals surface area contributed by atoms with Gasteiger partial charge in [-0.15, -0.1) is 0 Å². The second kappa shape index (κ2) is 10.3. The van der Waals surface area contributed by atoms with Gasteiger partial charge in [-0.05, 0) is 73.4 Å². The Balaban J connectivity index is 1.19. The van der Waals surface area contributed by atoms with Crippen molar-refractivity contribution in [1.82, 2.24) is 15.1 Å². The standard InChI is InChI=1S/C32H41N3O4/c1-32(2)19-34(18-29(36)28-14-20-7-4-5-8-22(20)17-33-28)31(38)26-12-11-21(13-27(26)32)30(37)35-23-9-6-10-24(35)16-25(15-23)39-3/h4-5,7-8,11-13,23-25,28-29,33,36H,6,9-10,14-19H2,1-3H3/t23-,24+,25-,28-,29-/m0/s1. The van der Waals surface area contributed by atoms with E-state index in [9.17, 15) is 14.7 Å². The van der Waals surface area contributed by atoms with Gasteiger partial charge in [0, 0.05) is 61.4 Å². The maximum atomic E-state index is 13.8. The Labute approximate surface area is 231 Å². The molecular weight excluding hydrogens is 490 g/mol. The van der Waals surface area contributed by atoms with Crippen LogP contribution in [0.15, 0.2) is 42.5 Å². The number of rotatable bonds is 5. The highest BCUT2D eigenvalue weighted by Crippen LogP contribution is 2.38. The molecular formula is C32H41N3O4. The van der Waals surface area contributed by atoms with E-state index in [4.69, 9.17) is 4.74 Å². The van der Waals surface area contributed by atoms with Gasteiger partial charge < -0.3 is 25.0 Å². The van der Waals surface area contributed by atoms with Crippen LogP contribution in [0, 0.1) is 0 Å². The highest BCUT2D eigenvalue weighted by molar-refractivity contribution is 6.00. The largest absolute Gasteiger partial charge is 0.390 e. The van der Waals surface area contributed by atoms with E-state index in [1.165, 1.54) is 11.1 Å². The molecule has 2 N–H and O–H groups in total. The second-order valence-corrected chi connectivity index (χ2v) is 12.6. The van der Waals surface area contributed by atoms with Gasteiger partial charge in [0.1, 0.15) is 0 Å². The lowest BCUT2D eigenvalue weighted by Gasteiger charge is -2.48. The summed E-state index contributed by atoms with van der Waals surface area (Å²) in [5, 5.41) is 14.6. The lowest BCUT2D eigenvalue weighted by atomic mass is 9.76. The van der Waals surface area contributed by atoms with E-state index < -0.39 is 6.10 Å². The Hall–Kier alpha value is -2.74. The van der Waals surface area contributed by atoms with E-state index in [0.717, 1.165) is 50.6 Å². The summed E-state index contributed by atoms with van der Waals surface area (Å²) in [5.74, 6) is 0.00294. The topological polar surface area (TPSA) is 82.1 Å². The number of piperidine rings is 2. The van der Waals surface area contributed by atoms with Crippen molar-refractivity contribution >= 4 is 11.8 Å². The fourth-order valence-electron chi connectivity index (χ4n) is 7.48. The molecule has 4 aliphatic heterocycles. The number of nitrogens with zero attached hydrogens (tertiary/aromatic N) is 2. The summed E-state index contributed by atoms with van der Waals surface area (Å²) in [6.45, 7) is 5.75. The summed E-state index contributed by atoms with van der Waals surface area (Å²) >= 11 is 0. The third-order valence-electron chi connectivity index (χ3n) is 9.58. The van der Waals surface area contributed by atoms with E-state index in [-0.39, 0.29) is 48.0 Å². The van der Waals surface area contributed by atoms with Gasteiger partial charge in [-0.2, -0.15) is 0 Å². The molecule has 0 saturated carbocycles. The summed E-state index contributed by atoms with van der Waals surface area (Å²) in [6.07, 6.45) is 5.30. The number of benzene rings is 2. The molecule has 2 aromatic carbocycles. The van der Waals surface area contributed by atoms with Crippen molar-refractivity contribution in [2.75, 3.05) is 20.2 Å². The molecule has 0 aliphatic carbocycles. The Morgan fingerprint density at radius 3 is 2.56 bits per heavy atom. The first-order valence-electron chi connectivity index (χ1n) is 14.5. The molecule has 0 aromatic heterocycles. The van der Waals surface area contributed by atoms with Gasteiger partial charge in [0.2, 0.25) is 0 Å². The van der Waals surface area contributed by atoms with Crippen LogP contribution in [0.25, 0.3) is 0 Å². The average molecular weight is 532 g/mol. The average Bonchev–Trinajstić information content (AvgIpc) is 2.94. The molecule has 2 fully saturated rings. The number of fused-ring (bicyclic) bond motifs is 4. The minimum Gasteiger partial charge on any atom is -0.390 e. The SMILES string of the molecule is CO[C@@H]1C[C@H]2CCC[C@@H](C1)N2C(=O)c1ccc2c(c1)C(C)(C)CN(C[C@H](O)[C@@H]1Cc3ccccc3CN1)C2=O. The van der Waals surface area contributed by atoms with Crippen molar-refractivity contribution in [2.24, 2.45) is 0 Å². The van der Waals surface area contributed by atoms with Crippen LogP contribution in [0.1, 0.15) is 83.4 Å². The molecule has 5 atom stereocenters. The van der Waals surface area contributed by atoms with E-state index >= 15 is 0 Å². The fourth-order valence-corrected chi connectivity index (χ4v) is 7.48. The first-order valence-corrected chi connectivity index (χ1v) is 14.5. The van der Waals surface area contributed by atoms with Gasteiger partial charge >= 0.3 is 0 Å². The smallest absolute Gasteiger partial charge is 0.254 e. The normalized spacial score (nSPS) is 28.5. The molecule has 0 unspecified atom stereocenters. The monoisotopic (exact) mass is 531 g/mol. The Morgan fingerprint density at radius 1 is 1.13 bits per heavy atom. The van der Waals surface area contributed by atoms with Gasteiger partial charge in [-0.1, -0.05) is 38.1 Å².